The Morgan fingerprint density at radius 1 is 1.40 bits per heavy atom. The molecule has 0 aromatic carbocycles. The average molecular weight is 297 g/mol. The fourth-order valence-electron chi connectivity index (χ4n) is 1.50. The first-order valence-electron chi connectivity index (χ1n) is 5.49. The third-order valence-electron chi connectivity index (χ3n) is 2.18. The van der Waals surface area contributed by atoms with Gasteiger partial charge in [0.15, 0.2) is 0 Å². The Kier molecular flexibility index (Phi) is 5.12. The summed E-state index contributed by atoms with van der Waals surface area (Å²) < 4.78 is 57.7. The maximum Gasteiger partial charge on any atom is 0.573 e. The second kappa shape index (κ2) is 6.40. The van der Waals surface area contributed by atoms with Gasteiger partial charge in [0.2, 0.25) is 0 Å². The Balaban J connectivity index is 3.22. The molecule has 0 aliphatic rings. The van der Waals surface area contributed by atoms with E-state index in [0.29, 0.717) is 6.07 Å². The molecule has 0 aliphatic carbocycles. The summed E-state index contributed by atoms with van der Waals surface area (Å²) in [6.07, 6.45) is -5.71. The number of halogens is 4. The minimum absolute atomic E-state index is 0.0165. The van der Waals surface area contributed by atoms with Crippen molar-refractivity contribution < 1.29 is 31.8 Å². The highest BCUT2D eigenvalue weighted by molar-refractivity contribution is 5.74. The Bertz CT molecular complexity index is 538. The number of carbonyl (C=O) groups is 1. The van der Waals surface area contributed by atoms with Crippen LogP contribution in [-0.2, 0) is 22.6 Å². The van der Waals surface area contributed by atoms with Crippen molar-refractivity contribution in [2.75, 3.05) is 6.61 Å². The third kappa shape index (κ3) is 4.56. The number of hydrogen-bond donors (Lipinski definition) is 1. The zero-order valence-corrected chi connectivity index (χ0v) is 10.3. The first-order valence-corrected chi connectivity index (χ1v) is 5.49. The highest BCUT2D eigenvalue weighted by Gasteiger charge is 2.33. The van der Waals surface area contributed by atoms with Crippen LogP contribution in [0.5, 0.6) is 5.75 Å². The van der Waals surface area contributed by atoms with Crippen molar-refractivity contribution in [2.45, 2.75) is 26.4 Å². The molecule has 0 radical (unpaired) electrons. The second-order valence-electron chi connectivity index (χ2n) is 3.62. The van der Waals surface area contributed by atoms with Gasteiger partial charge in [-0.1, -0.05) is 0 Å². The quantitative estimate of drug-likeness (QED) is 0.665. The Labute approximate surface area is 110 Å². The molecule has 0 saturated carbocycles. The van der Waals surface area contributed by atoms with E-state index in [1.807, 2.05) is 4.98 Å². The fraction of sp³-hybridized carbons (Fsp3) is 0.455. The first kappa shape index (κ1) is 16.0. The van der Waals surface area contributed by atoms with Gasteiger partial charge in [0.1, 0.15) is 12.4 Å². The smallest absolute Gasteiger partial charge is 0.466 e. The first-order chi connectivity index (χ1) is 9.26. The number of carbonyl (C=O) groups excluding carboxylic acids is 1. The van der Waals surface area contributed by atoms with Crippen LogP contribution >= 0.6 is 0 Å². The van der Waals surface area contributed by atoms with Crippen molar-refractivity contribution in [3.63, 3.8) is 0 Å². The number of rotatable bonds is 5. The maximum atomic E-state index is 12.8. The number of aromatic nitrogens is 1. The number of pyridine rings is 1. The molecule has 0 amide bonds. The summed E-state index contributed by atoms with van der Waals surface area (Å²) in [4.78, 5) is 24.5. The van der Waals surface area contributed by atoms with Gasteiger partial charge in [-0.05, 0) is 6.92 Å². The number of hydrogen-bond acceptors (Lipinski definition) is 4. The number of alkyl halides is 4. The highest BCUT2D eigenvalue weighted by atomic mass is 19.4. The highest BCUT2D eigenvalue weighted by Crippen LogP contribution is 2.27. The van der Waals surface area contributed by atoms with E-state index in [-0.39, 0.29) is 6.61 Å². The lowest BCUT2D eigenvalue weighted by Crippen LogP contribution is -2.22. The van der Waals surface area contributed by atoms with Crippen LogP contribution < -0.4 is 10.3 Å². The van der Waals surface area contributed by atoms with Gasteiger partial charge in [-0.15, -0.1) is 13.2 Å². The fourth-order valence-corrected chi connectivity index (χ4v) is 1.50. The van der Waals surface area contributed by atoms with Crippen LogP contribution in [0.4, 0.5) is 17.6 Å². The number of esters is 1. The Morgan fingerprint density at radius 3 is 2.55 bits per heavy atom. The monoisotopic (exact) mass is 297 g/mol. The van der Waals surface area contributed by atoms with Crippen LogP contribution in [0.2, 0.25) is 0 Å². The van der Waals surface area contributed by atoms with Crippen LogP contribution in [0.1, 0.15) is 18.2 Å². The van der Waals surface area contributed by atoms with Crippen molar-refractivity contribution in [3.05, 3.63) is 27.7 Å². The maximum absolute atomic E-state index is 12.8. The standard InChI is InChI=1S/C11H11F4NO4/c1-2-19-10(18)3-6-7(5-12)16-9(17)4-8(6)20-11(13,14)15/h4H,2-3,5H2,1H3,(H,16,17). The van der Waals surface area contributed by atoms with Gasteiger partial charge in [-0.2, -0.15) is 0 Å². The molecule has 0 unspecified atom stereocenters. The molecule has 9 heteroatoms. The summed E-state index contributed by atoms with van der Waals surface area (Å²) in [5.41, 5.74) is -1.82. The Hall–Kier alpha value is -2.06. The molecule has 1 heterocycles. The molecule has 0 saturated heterocycles. The predicted octanol–water partition coefficient (Wildman–Crippen LogP) is 1.85. The predicted molar refractivity (Wildman–Crippen MR) is 58.9 cm³/mol. The van der Waals surface area contributed by atoms with Gasteiger partial charge in [0, 0.05) is 11.6 Å². The SMILES string of the molecule is CCOC(=O)Cc1c(OC(F)(F)F)cc(=O)[nH]c1CF. The molecule has 0 bridgehead atoms. The lowest BCUT2D eigenvalue weighted by Gasteiger charge is -2.14. The van der Waals surface area contributed by atoms with Gasteiger partial charge in [0.25, 0.3) is 5.56 Å². The number of ether oxygens (including phenoxy) is 2. The Morgan fingerprint density at radius 2 is 2.05 bits per heavy atom. The molecule has 0 fully saturated rings. The molecule has 0 atom stereocenters. The van der Waals surface area contributed by atoms with Crippen LogP contribution in [0.3, 0.4) is 0 Å². The lowest BCUT2D eigenvalue weighted by atomic mass is 10.1. The molecule has 20 heavy (non-hydrogen) atoms. The largest absolute Gasteiger partial charge is 0.573 e. The summed E-state index contributed by atoms with van der Waals surface area (Å²) in [5, 5.41) is 0. The number of H-pyrrole nitrogens is 1. The molecule has 1 aromatic heterocycles. The molecule has 1 aromatic rings. The van der Waals surface area contributed by atoms with Gasteiger partial charge in [-0.3, -0.25) is 9.59 Å². The molecule has 0 aliphatic heterocycles. The summed E-state index contributed by atoms with van der Waals surface area (Å²) >= 11 is 0. The van der Waals surface area contributed by atoms with Gasteiger partial charge < -0.3 is 14.5 Å². The third-order valence-corrected chi connectivity index (χ3v) is 2.18. The van der Waals surface area contributed by atoms with Crippen LogP contribution in [0, 0.1) is 0 Å². The number of nitrogens with one attached hydrogen (secondary N) is 1. The van der Waals surface area contributed by atoms with Gasteiger partial charge >= 0.3 is 12.3 Å². The zero-order valence-electron chi connectivity index (χ0n) is 10.3. The van der Waals surface area contributed by atoms with Crippen molar-refractivity contribution in [3.8, 4) is 5.75 Å². The molecular formula is C11H11F4NO4. The van der Waals surface area contributed by atoms with Crippen molar-refractivity contribution in [2.24, 2.45) is 0 Å². The van der Waals surface area contributed by atoms with E-state index in [2.05, 4.69) is 9.47 Å². The van der Waals surface area contributed by atoms with Crippen molar-refractivity contribution in [1.29, 1.82) is 0 Å². The van der Waals surface area contributed by atoms with E-state index in [4.69, 9.17) is 0 Å². The zero-order chi connectivity index (χ0) is 15.3. The topological polar surface area (TPSA) is 68.4 Å². The van der Waals surface area contributed by atoms with E-state index in [9.17, 15) is 27.2 Å². The van der Waals surface area contributed by atoms with Crippen molar-refractivity contribution >= 4 is 5.97 Å². The lowest BCUT2D eigenvalue weighted by molar-refractivity contribution is -0.275. The normalized spacial score (nSPS) is 11.2. The second-order valence-corrected chi connectivity index (χ2v) is 3.62. The molecule has 1 rings (SSSR count). The molecule has 112 valence electrons. The molecule has 0 spiro atoms. The van der Waals surface area contributed by atoms with E-state index in [1.165, 1.54) is 6.92 Å². The molecule has 1 N–H and O–H groups in total. The van der Waals surface area contributed by atoms with E-state index < -0.39 is 48.0 Å². The van der Waals surface area contributed by atoms with E-state index >= 15 is 0 Å². The van der Waals surface area contributed by atoms with Crippen LogP contribution in [0.15, 0.2) is 10.9 Å². The number of aromatic amines is 1. The average Bonchev–Trinajstić information content (AvgIpc) is 2.30. The molecular weight excluding hydrogens is 286 g/mol. The molecule has 5 nitrogen and oxygen atoms in total. The summed E-state index contributed by atoms with van der Waals surface area (Å²) in [7, 11) is 0. The minimum atomic E-state index is -5.06. The summed E-state index contributed by atoms with van der Waals surface area (Å²) in [6, 6.07) is 0.501. The van der Waals surface area contributed by atoms with Gasteiger partial charge in [-0.25, -0.2) is 4.39 Å². The van der Waals surface area contributed by atoms with Crippen molar-refractivity contribution in [1.82, 2.24) is 4.98 Å². The van der Waals surface area contributed by atoms with E-state index in [0.717, 1.165) is 0 Å². The van der Waals surface area contributed by atoms with Crippen LogP contribution in [-0.4, -0.2) is 23.9 Å². The van der Waals surface area contributed by atoms with Gasteiger partial charge in [0.05, 0.1) is 18.7 Å². The summed E-state index contributed by atoms with van der Waals surface area (Å²) in [5.74, 6) is -1.77. The van der Waals surface area contributed by atoms with Crippen LogP contribution in [0.25, 0.3) is 0 Å². The summed E-state index contributed by atoms with van der Waals surface area (Å²) in [6.45, 7) is 0.273. The minimum Gasteiger partial charge on any atom is -0.466 e. The van der Waals surface area contributed by atoms with E-state index in [1.54, 1.807) is 0 Å².